The first-order valence-corrected chi connectivity index (χ1v) is 11.6. The van der Waals surface area contributed by atoms with Gasteiger partial charge in [0.05, 0.1) is 18.4 Å². The fourth-order valence-electron chi connectivity index (χ4n) is 5.09. The minimum atomic E-state index is -0.632. The quantitative estimate of drug-likeness (QED) is 0.642. The van der Waals surface area contributed by atoms with Gasteiger partial charge < -0.3 is 23.8 Å². The van der Waals surface area contributed by atoms with Gasteiger partial charge in [-0.1, -0.05) is 11.6 Å². The average molecular weight is 470 g/mol. The number of rotatable bonds is 2. The number of hydrazone groups is 1. The molecule has 1 fully saturated rings. The van der Waals surface area contributed by atoms with Gasteiger partial charge in [0.25, 0.3) is 0 Å². The summed E-state index contributed by atoms with van der Waals surface area (Å²) in [5.41, 5.74) is 2.35. The zero-order chi connectivity index (χ0) is 22.6. The Bertz CT molecular complexity index is 1140. The number of ether oxygens (including phenoxy) is 4. The molecule has 4 aliphatic rings. The summed E-state index contributed by atoms with van der Waals surface area (Å²) in [4.78, 5) is 14.0. The van der Waals surface area contributed by atoms with Crippen LogP contribution in [0.4, 0.5) is 4.79 Å². The third kappa shape index (κ3) is 3.35. The van der Waals surface area contributed by atoms with E-state index >= 15 is 0 Å². The molecule has 9 heteroatoms. The number of fused-ring (bicyclic) bond motifs is 5. The Kier molecular flexibility index (Phi) is 4.79. The molecule has 2 aromatic carbocycles. The molecule has 6 rings (SSSR count). The van der Waals surface area contributed by atoms with Crippen molar-refractivity contribution in [2.45, 2.75) is 38.0 Å². The van der Waals surface area contributed by atoms with Gasteiger partial charge in [0.15, 0.2) is 11.5 Å². The van der Waals surface area contributed by atoms with Gasteiger partial charge in [0.1, 0.15) is 5.75 Å². The van der Waals surface area contributed by atoms with Crippen molar-refractivity contribution in [1.29, 1.82) is 0 Å². The summed E-state index contributed by atoms with van der Waals surface area (Å²) in [6.07, 6.45) is 1.70. The van der Waals surface area contributed by atoms with Gasteiger partial charge in [-0.15, -0.1) is 0 Å². The van der Waals surface area contributed by atoms with Crippen LogP contribution in [0.5, 0.6) is 17.2 Å². The van der Waals surface area contributed by atoms with Crippen molar-refractivity contribution in [3.63, 3.8) is 0 Å². The van der Waals surface area contributed by atoms with Crippen molar-refractivity contribution < 1.29 is 23.7 Å². The molecule has 1 spiro atoms. The monoisotopic (exact) mass is 469 g/mol. The first kappa shape index (κ1) is 20.5. The van der Waals surface area contributed by atoms with Crippen LogP contribution < -0.4 is 14.2 Å². The van der Waals surface area contributed by atoms with Crippen LogP contribution in [0.1, 0.15) is 43.4 Å². The third-order valence-electron chi connectivity index (χ3n) is 6.74. The van der Waals surface area contributed by atoms with E-state index in [4.69, 9.17) is 35.6 Å². The molecule has 172 valence electrons. The first-order valence-electron chi connectivity index (χ1n) is 11.2. The summed E-state index contributed by atoms with van der Waals surface area (Å²) in [6.45, 7) is 3.50. The molecule has 0 radical (unpaired) electrons. The Morgan fingerprint density at radius 2 is 1.94 bits per heavy atom. The lowest BCUT2D eigenvalue weighted by molar-refractivity contribution is -0.147. The maximum Gasteiger partial charge on any atom is 0.409 e. The van der Waals surface area contributed by atoms with E-state index in [1.165, 1.54) is 0 Å². The molecule has 1 amide bonds. The Morgan fingerprint density at radius 1 is 1.15 bits per heavy atom. The Hall–Kier alpha value is -3.13. The number of carbonyl (C=O) groups is 1. The summed E-state index contributed by atoms with van der Waals surface area (Å²) >= 11 is 6.35. The number of carbonyl (C=O) groups excluding carboxylic acids is 1. The summed E-state index contributed by atoms with van der Waals surface area (Å²) in [5.74, 6) is 2.31. The average Bonchev–Trinajstić information content (AvgIpc) is 3.48. The number of amides is 1. The summed E-state index contributed by atoms with van der Waals surface area (Å²) in [7, 11) is 0. The molecule has 1 unspecified atom stereocenters. The number of halogens is 1. The van der Waals surface area contributed by atoms with E-state index in [-0.39, 0.29) is 18.9 Å². The van der Waals surface area contributed by atoms with Crippen LogP contribution in [-0.2, 0) is 4.74 Å². The SMILES string of the molecule is CCOC(=O)N1CCC2(CC1)Oc1ccc(Cl)cc1C1CC(c3ccc4c(c3)OCO4)=NN12. The van der Waals surface area contributed by atoms with Crippen LogP contribution in [0.2, 0.25) is 5.02 Å². The molecule has 0 N–H and O–H groups in total. The summed E-state index contributed by atoms with van der Waals surface area (Å²) in [6, 6.07) is 11.7. The topological polar surface area (TPSA) is 72.8 Å². The lowest BCUT2D eigenvalue weighted by Crippen LogP contribution is -2.59. The van der Waals surface area contributed by atoms with E-state index in [0.29, 0.717) is 37.6 Å². The zero-order valence-corrected chi connectivity index (χ0v) is 19.0. The molecule has 2 aromatic rings. The fraction of sp³-hybridized carbons (Fsp3) is 0.417. The van der Waals surface area contributed by atoms with Crippen molar-refractivity contribution in [3.05, 3.63) is 52.5 Å². The minimum Gasteiger partial charge on any atom is -0.466 e. The standard InChI is InChI=1S/C24H24ClN3O5/c1-2-30-23(29)27-9-7-24(8-10-27)28-19(17-12-16(25)4-6-20(17)33-24)13-18(26-28)15-3-5-21-22(11-15)32-14-31-21/h3-6,11-12,19H,2,7-10,13-14H2,1H3. The van der Waals surface area contributed by atoms with Gasteiger partial charge in [-0.05, 0) is 43.3 Å². The van der Waals surface area contributed by atoms with Gasteiger partial charge in [-0.2, -0.15) is 5.10 Å². The van der Waals surface area contributed by atoms with E-state index in [1.54, 1.807) is 4.90 Å². The minimum absolute atomic E-state index is 0.00187. The fourth-order valence-corrected chi connectivity index (χ4v) is 5.27. The zero-order valence-electron chi connectivity index (χ0n) is 18.3. The molecule has 0 aliphatic carbocycles. The summed E-state index contributed by atoms with van der Waals surface area (Å²) < 4.78 is 22.8. The van der Waals surface area contributed by atoms with Crippen molar-refractivity contribution in [2.24, 2.45) is 5.10 Å². The van der Waals surface area contributed by atoms with Gasteiger partial charge in [0, 0.05) is 48.5 Å². The molecule has 1 atom stereocenters. The third-order valence-corrected chi connectivity index (χ3v) is 6.97. The van der Waals surface area contributed by atoms with Gasteiger partial charge in [-0.25, -0.2) is 9.80 Å². The molecular weight excluding hydrogens is 446 g/mol. The summed E-state index contributed by atoms with van der Waals surface area (Å²) in [5, 5.41) is 7.83. The normalized spacial score (nSPS) is 21.9. The molecule has 4 heterocycles. The predicted octanol–water partition coefficient (Wildman–Crippen LogP) is 4.56. The lowest BCUT2D eigenvalue weighted by Gasteiger charge is -2.51. The Morgan fingerprint density at radius 3 is 2.76 bits per heavy atom. The molecule has 0 aromatic heterocycles. The molecule has 0 saturated carbocycles. The predicted molar refractivity (Wildman–Crippen MR) is 121 cm³/mol. The van der Waals surface area contributed by atoms with Gasteiger partial charge >= 0.3 is 6.09 Å². The number of hydrogen-bond donors (Lipinski definition) is 0. The Balaban J connectivity index is 1.35. The highest BCUT2D eigenvalue weighted by Crippen LogP contribution is 2.50. The highest BCUT2D eigenvalue weighted by Gasteiger charge is 2.52. The van der Waals surface area contributed by atoms with Crippen molar-refractivity contribution >= 4 is 23.4 Å². The van der Waals surface area contributed by atoms with E-state index in [9.17, 15) is 4.79 Å². The van der Waals surface area contributed by atoms with Crippen LogP contribution in [0.3, 0.4) is 0 Å². The number of hydrogen-bond acceptors (Lipinski definition) is 7. The lowest BCUT2D eigenvalue weighted by atomic mass is 9.90. The van der Waals surface area contributed by atoms with Crippen LogP contribution in [0.15, 0.2) is 41.5 Å². The maximum atomic E-state index is 12.2. The Labute approximate surface area is 196 Å². The largest absolute Gasteiger partial charge is 0.466 e. The van der Waals surface area contributed by atoms with Crippen molar-refractivity contribution in [2.75, 3.05) is 26.5 Å². The second kappa shape index (κ2) is 7.73. The maximum absolute atomic E-state index is 12.2. The van der Waals surface area contributed by atoms with Crippen LogP contribution >= 0.6 is 11.6 Å². The van der Waals surface area contributed by atoms with Crippen molar-refractivity contribution in [3.8, 4) is 17.2 Å². The highest BCUT2D eigenvalue weighted by molar-refractivity contribution is 6.30. The van der Waals surface area contributed by atoms with Crippen molar-refractivity contribution in [1.82, 2.24) is 9.91 Å². The van der Waals surface area contributed by atoms with E-state index < -0.39 is 5.72 Å². The van der Waals surface area contributed by atoms with Gasteiger partial charge in [0.2, 0.25) is 12.5 Å². The number of likely N-dealkylation sites (tertiary alicyclic amines) is 1. The number of nitrogens with zero attached hydrogens (tertiary/aromatic N) is 3. The first-order chi connectivity index (χ1) is 16.1. The second-order valence-corrected chi connectivity index (χ2v) is 9.03. The molecule has 8 nitrogen and oxygen atoms in total. The van der Waals surface area contributed by atoms with E-state index in [1.807, 2.05) is 43.3 Å². The number of benzene rings is 2. The smallest absolute Gasteiger partial charge is 0.409 e. The molecular formula is C24H24ClN3O5. The highest BCUT2D eigenvalue weighted by atomic mass is 35.5. The molecule has 33 heavy (non-hydrogen) atoms. The molecule has 4 aliphatic heterocycles. The molecule has 1 saturated heterocycles. The van der Waals surface area contributed by atoms with Gasteiger partial charge in [-0.3, -0.25) is 0 Å². The van der Waals surface area contributed by atoms with Crippen LogP contribution in [0.25, 0.3) is 0 Å². The van der Waals surface area contributed by atoms with Crippen LogP contribution in [-0.4, -0.2) is 53.9 Å². The second-order valence-electron chi connectivity index (χ2n) is 8.60. The van der Waals surface area contributed by atoms with E-state index in [2.05, 4.69) is 5.01 Å². The van der Waals surface area contributed by atoms with Crippen LogP contribution in [0, 0.1) is 0 Å². The molecule has 0 bridgehead atoms. The van der Waals surface area contributed by atoms with E-state index in [0.717, 1.165) is 40.5 Å². The number of piperidine rings is 1.